The van der Waals surface area contributed by atoms with Gasteiger partial charge in [0, 0.05) is 28.3 Å². The van der Waals surface area contributed by atoms with E-state index in [0.717, 1.165) is 23.1 Å². The molecule has 148 valence electrons. The Morgan fingerprint density at radius 1 is 1.11 bits per heavy atom. The van der Waals surface area contributed by atoms with Crippen molar-refractivity contribution in [3.05, 3.63) is 52.0 Å². The van der Waals surface area contributed by atoms with Crippen molar-refractivity contribution in [1.29, 1.82) is 0 Å². The quantitative estimate of drug-likeness (QED) is 0.654. The normalized spacial score (nSPS) is 32.0. The molecular weight excluding hydrogens is 418 g/mol. The highest BCUT2D eigenvalue weighted by atomic mass is 79.9. The number of hydrogen-bond acceptors (Lipinski definition) is 2. The van der Waals surface area contributed by atoms with Gasteiger partial charge < -0.3 is 10.1 Å². The van der Waals surface area contributed by atoms with Crippen LogP contribution in [0, 0.1) is 0 Å². The third-order valence-electron chi connectivity index (χ3n) is 7.68. The van der Waals surface area contributed by atoms with Gasteiger partial charge in [0.1, 0.15) is 5.82 Å². The third kappa shape index (κ3) is 2.79. The molecule has 0 radical (unpaired) electrons. The van der Waals surface area contributed by atoms with Crippen LogP contribution in [0.3, 0.4) is 0 Å². The van der Waals surface area contributed by atoms with Crippen LogP contribution >= 0.6 is 15.9 Å². The Morgan fingerprint density at radius 2 is 1.75 bits per heavy atom. The lowest BCUT2D eigenvalue weighted by Crippen LogP contribution is -2.46. The van der Waals surface area contributed by atoms with Crippen LogP contribution in [-0.2, 0) is 10.8 Å². The third-order valence-corrected chi connectivity index (χ3v) is 8.21. The first kappa shape index (κ1) is 18.2. The van der Waals surface area contributed by atoms with E-state index in [1.807, 2.05) is 6.20 Å². The van der Waals surface area contributed by atoms with Gasteiger partial charge in [-0.05, 0) is 74.5 Å². The summed E-state index contributed by atoms with van der Waals surface area (Å²) in [7, 11) is 0. The van der Waals surface area contributed by atoms with Crippen LogP contribution in [0.4, 0.5) is 4.79 Å². The standard InChI is InChI=1S/C22H26BrN3O2/c23-16-5-3-15(4-6-16)21-7-10-22(11-8-21,12-9-21)18-14-24-19(25-18)17-2-1-13-26(17)20(27)28/h3-6,14,17H,1-2,7-13H2,(H,24,25)(H,27,28). The number of hydrogen-bond donors (Lipinski definition) is 2. The molecule has 1 saturated heterocycles. The number of H-pyrrole nitrogens is 1. The van der Waals surface area contributed by atoms with E-state index in [0.29, 0.717) is 12.0 Å². The molecule has 1 aromatic carbocycles. The van der Waals surface area contributed by atoms with Crippen LogP contribution in [0.2, 0.25) is 0 Å². The van der Waals surface area contributed by atoms with Crippen LogP contribution in [-0.4, -0.2) is 32.6 Å². The van der Waals surface area contributed by atoms with Crippen molar-refractivity contribution in [2.24, 2.45) is 0 Å². The molecule has 6 heteroatoms. The monoisotopic (exact) mass is 443 g/mol. The lowest BCUT2D eigenvalue weighted by molar-refractivity contribution is 0.0987. The number of halogens is 1. The van der Waals surface area contributed by atoms with E-state index < -0.39 is 6.09 Å². The molecule has 2 heterocycles. The summed E-state index contributed by atoms with van der Waals surface area (Å²) >= 11 is 3.55. The van der Waals surface area contributed by atoms with Gasteiger partial charge in [0.2, 0.25) is 0 Å². The molecule has 0 spiro atoms. The van der Waals surface area contributed by atoms with Crippen LogP contribution in [0.25, 0.3) is 0 Å². The first-order chi connectivity index (χ1) is 13.5. The van der Waals surface area contributed by atoms with Gasteiger partial charge in [-0.3, -0.25) is 4.90 Å². The molecule has 1 aliphatic heterocycles. The highest BCUT2D eigenvalue weighted by molar-refractivity contribution is 9.10. The Balaban J connectivity index is 1.36. The second kappa shape index (κ2) is 6.61. The molecule has 6 rings (SSSR count). The number of carboxylic acid groups (broad SMARTS) is 1. The molecule has 1 atom stereocenters. The SMILES string of the molecule is O=C(O)N1CCCC1c1ncc(C23CCC(c4ccc(Br)cc4)(CC2)CC3)[nH]1. The van der Waals surface area contributed by atoms with E-state index in [1.165, 1.54) is 54.7 Å². The predicted molar refractivity (Wildman–Crippen MR) is 110 cm³/mol. The molecule has 3 saturated carbocycles. The van der Waals surface area contributed by atoms with Gasteiger partial charge >= 0.3 is 6.09 Å². The van der Waals surface area contributed by atoms with Gasteiger partial charge in [-0.25, -0.2) is 9.78 Å². The van der Waals surface area contributed by atoms with E-state index in [2.05, 4.69) is 50.2 Å². The lowest BCUT2D eigenvalue weighted by Gasteiger charge is -2.53. The molecule has 1 aromatic heterocycles. The fraction of sp³-hybridized carbons (Fsp3) is 0.545. The molecule has 5 nitrogen and oxygen atoms in total. The first-order valence-electron chi connectivity index (χ1n) is 10.3. The van der Waals surface area contributed by atoms with Gasteiger partial charge in [0.15, 0.2) is 0 Å². The van der Waals surface area contributed by atoms with Crippen LogP contribution in [0.1, 0.15) is 74.5 Å². The second-order valence-corrected chi connectivity index (χ2v) is 9.80. The number of nitrogens with one attached hydrogen (secondary N) is 1. The minimum Gasteiger partial charge on any atom is -0.465 e. The van der Waals surface area contributed by atoms with Crippen LogP contribution < -0.4 is 0 Å². The zero-order valence-electron chi connectivity index (χ0n) is 16.0. The summed E-state index contributed by atoms with van der Waals surface area (Å²) < 4.78 is 1.14. The molecule has 2 bridgehead atoms. The molecule has 1 amide bonds. The molecule has 1 unspecified atom stereocenters. The van der Waals surface area contributed by atoms with Crippen LogP contribution in [0.15, 0.2) is 34.9 Å². The summed E-state index contributed by atoms with van der Waals surface area (Å²) in [5, 5.41) is 9.44. The van der Waals surface area contributed by atoms with Crippen molar-refractivity contribution in [3.8, 4) is 0 Å². The number of nitrogens with zero attached hydrogens (tertiary/aromatic N) is 2. The Morgan fingerprint density at radius 3 is 2.39 bits per heavy atom. The summed E-state index contributed by atoms with van der Waals surface area (Å²) in [6.45, 7) is 0.608. The summed E-state index contributed by atoms with van der Waals surface area (Å²) in [6, 6.07) is 8.79. The zero-order chi connectivity index (χ0) is 19.4. The van der Waals surface area contributed by atoms with E-state index in [9.17, 15) is 9.90 Å². The average Bonchev–Trinajstić information content (AvgIpc) is 3.39. The van der Waals surface area contributed by atoms with E-state index in [4.69, 9.17) is 0 Å². The van der Waals surface area contributed by atoms with E-state index in [1.54, 1.807) is 0 Å². The number of benzene rings is 1. The molecule has 4 aliphatic rings. The minimum absolute atomic E-state index is 0.114. The number of fused-ring (bicyclic) bond motifs is 3. The molecule has 2 aromatic rings. The average molecular weight is 444 g/mol. The van der Waals surface area contributed by atoms with Crippen molar-refractivity contribution >= 4 is 22.0 Å². The summed E-state index contributed by atoms with van der Waals surface area (Å²) in [4.78, 5) is 21.2. The van der Waals surface area contributed by atoms with Crippen molar-refractivity contribution in [3.63, 3.8) is 0 Å². The fourth-order valence-corrected chi connectivity index (χ4v) is 6.15. The number of carbonyl (C=O) groups is 1. The van der Waals surface area contributed by atoms with Gasteiger partial charge in [0.05, 0.1) is 6.04 Å². The van der Waals surface area contributed by atoms with Crippen LogP contribution in [0.5, 0.6) is 0 Å². The van der Waals surface area contributed by atoms with E-state index >= 15 is 0 Å². The zero-order valence-corrected chi connectivity index (χ0v) is 17.5. The Kier molecular flexibility index (Phi) is 4.30. The number of amides is 1. The lowest BCUT2D eigenvalue weighted by atomic mass is 9.51. The first-order valence-corrected chi connectivity index (χ1v) is 11.1. The van der Waals surface area contributed by atoms with Gasteiger partial charge in [0.25, 0.3) is 0 Å². The molecule has 3 aliphatic carbocycles. The van der Waals surface area contributed by atoms with Gasteiger partial charge in [-0.1, -0.05) is 28.1 Å². The highest BCUT2D eigenvalue weighted by Gasteiger charge is 2.51. The largest absolute Gasteiger partial charge is 0.465 e. The van der Waals surface area contributed by atoms with E-state index in [-0.39, 0.29) is 11.5 Å². The van der Waals surface area contributed by atoms with Crippen molar-refractivity contribution < 1.29 is 9.90 Å². The second-order valence-electron chi connectivity index (χ2n) is 8.88. The highest BCUT2D eigenvalue weighted by Crippen LogP contribution is 2.58. The van der Waals surface area contributed by atoms with Crippen molar-refractivity contribution in [1.82, 2.24) is 14.9 Å². The number of aromatic amines is 1. The van der Waals surface area contributed by atoms with Crippen molar-refractivity contribution in [2.75, 3.05) is 6.54 Å². The fourth-order valence-electron chi connectivity index (χ4n) is 5.88. The molecule has 2 N–H and O–H groups in total. The molecule has 28 heavy (non-hydrogen) atoms. The predicted octanol–water partition coefficient (Wildman–Crippen LogP) is 5.53. The topological polar surface area (TPSA) is 69.2 Å². The van der Waals surface area contributed by atoms with Crippen molar-refractivity contribution in [2.45, 2.75) is 68.2 Å². The summed E-state index contributed by atoms with van der Waals surface area (Å²) in [5.74, 6) is 0.833. The maximum Gasteiger partial charge on any atom is 0.407 e. The molecule has 4 fully saturated rings. The Bertz CT molecular complexity index is 867. The number of rotatable bonds is 3. The Hall–Kier alpha value is -1.82. The molecular formula is C22H26BrN3O2. The number of imidazole rings is 1. The minimum atomic E-state index is -0.840. The summed E-state index contributed by atoms with van der Waals surface area (Å²) in [5.41, 5.74) is 3.23. The maximum atomic E-state index is 11.5. The number of likely N-dealkylation sites (tertiary alicyclic amines) is 1. The Labute approximate surface area is 173 Å². The summed E-state index contributed by atoms with van der Waals surface area (Å²) in [6.07, 6.45) is 10.1. The van der Waals surface area contributed by atoms with Gasteiger partial charge in [-0.15, -0.1) is 0 Å². The smallest absolute Gasteiger partial charge is 0.407 e. The maximum absolute atomic E-state index is 11.5. The number of aromatic nitrogens is 2. The van der Waals surface area contributed by atoms with Gasteiger partial charge in [-0.2, -0.15) is 0 Å².